The minimum Gasteiger partial charge on any atom is -0.365 e. The molecule has 0 bridgehead atoms. The molecule has 1 aliphatic carbocycles. The van der Waals surface area contributed by atoms with E-state index in [0.717, 1.165) is 23.8 Å². The summed E-state index contributed by atoms with van der Waals surface area (Å²) < 4.78 is 0. The van der Waals surface area contributed by atoms with Gasteiger partial charge in [-0.05, 0) is 32.6 Å². The van der Waals surface area contributed by atoms with Gasteiger partial charge in [-0.25, -0.2) is 4.98 Å². The van der Waals surface area contributed by atoms with Gasteiger partial charge in [0.15, 0.2) is 11.5 Å². The zero-order valence-corrected chi connectivity index (χ0v) is 12.8. The third-order valence-corrected chi connectivity index (χ3v) is 4.34. The van der Waals surface area contributed by atoms with E-state index in [1.807, 2.05) is 6.92 Å². The molecule has 0 spiro atoms. The van der Waals surface area contributed by atoms with Crippen LogP contribution in [0.25, 0.3) is 11.2 Å². The van der Waals surface area contributed by atoms with Gasteiger partial charge in [0, 0.05) is 12.6 Å². The Bertz CT molecular complexity index is 587. The molecular weight excluding hydrogens is 264 g/mol. The number of hydrogen-bond acceptors (Lipinski definition) is 5. The second-order valence-electron chi connectivity index (χ2n) is 5.86. The van der Waals surface area contributed by atoms with E-state index < -0.39 is 0 Å². The first-order valence-electron chi connectivity index (χ1n) is 7.99. The van der Waals surface area contributed by atoms with E-state index in [1.165, 1.54) is 32.1 Å². The molecule has 114 valence electrons. The lowest BCUT2D eigenvalue weighted by Gasteiger charge is -2.28. The van der Waals surface area contributed by atoms with Gasteiger partial charge in [-0.15, -0.1) is 0 Å². The van der Waals surface area contributed by atoms with Crippen LogP contribution in [0.15, 0.2) is 6.33 Å². The summed E-state index contributed by atoms with van der Waals surface area (Å²) in [5.74, 6) is 2.22. The minimum atomic E-state index is 0.418. The van der Waals surface area contributed by atoms with Gasteiger partial charge in [0.2, 0.25) is 5.95 Å². The largest absolute Gasteiger partial charge is 0.365 e. The van der Waals surface area contributed by atoms with Crippen LogP contribution in [0.5, 0.6) is 0 Å². The fourth-order valence-electron chi connectivity index (χ4n) is 3.14. The van der Waals surface area contributed by atoms with Gasteiger partial charge >= 0.3 is 0 Å². The highest BCUT2D eigenvalue weighted by Gasteiger charge is 2.21. The second kappa shape index (κ2) is 6.28. The third-order valence-electron chi connectivity index (χ3n) is 4.34. The van der Waals surface area contributed by atoms with E-state index in [4.69, 9.17) is 0 Å². The predicted octanol–water partition coefficient (Wildman–Crippen LogP) is 3.17. The fraction of sp³-hybridized carbons (Fsp3) is 0.667. The molecule has 0 amide bonds. The lowest BCUT2D eigenvalue weighted by molar-refractivity contribution is 0.328. The Hall–Kier alpha value is -1.85. The average Bonchev–Trinajstić information content (AvgIpc) is 2.97. The first kappa shape index (κ1) is 14.1. The summed E-state index contributed by atoms with van der Waals surface area (Å²) >= 11 is 0. The quantitative estimate of drug-likeness (QED) is 0.787. The van der Waals surface area contributed by atoms with Gasteiger partial charge in [-0.3, -0.25) is 0 Å². The van der Waals surface area contributed by atoms with E-state index in [9.17, 15) is 0 Å². The monoisotopic (exact) mass is 288 g/mol. The lowest BCUT2D eigenvalue weighted by atomic mass is 9.84. The van der Waals surface area contributed by atoms with Crippen molar-refractivity contribution in [2.24, 2.45) is 5.92 Å². The zero-order chi connectivity index (χ0) is 14.7. The SMILES string of the molecule is CCNc1nc(NC(C)C2CCCCC2)c2[nH]cnc2n1. The summed E-state index contributed by atoms with van der Waals surface area (Å²) in [6.07, 6.45) is 8.37. The number of nitrogens with one attached hydrogen (secondary N) is 3. The molecule has 1 aliphatic rings. The summed E-state index contributed by atoms with van der Waals surface area (Å²) in [5.41, 5.74) is 1.60. The number of imidazole rings is 1. The van der Waals surface area contributed by atoms with Crippen LogP contribution in [0.1, 0.15) is 46.0 Å². The molecule has 0 aromatic carbocycles. The molecule has 2 aromatic heterocycles. The minimum absolute atomic E-state index is 0.418. The van der Waals surface area contributed by atoms with Crippen molar-refractivity contribution in [3.63, 3.8) is 0 Å². The number of rotatable bonds is 5. The van der Waals surface area contributed by atoms with Gasteiger partial charge in [0.05, 0.1) is 6.33 Å². The summed E-state index contributed by atoms with van der Waals surface area (Å²) in [5, 5.41) is 6.74. The summed E-state index contributed by atoms with van der Waals surface area (Å²) in [7, 11) is 0. The molecule has 1 saturated carbocycles. The van der Waals surface area contributed by atoms with Crippen molar-refractivity contribution < 1.29 is 0 Å². The normalized spacial score (nSPS) is 17.8. The van der Waals surface area contributed by atoms with E-state index in [-0.39, 0.29) is 0 Å². The van der Waals surface area contributed by atoms with Crippen LogP contribution < -0.4 is 10.6 Å². The molecule has 3 rings (SSSR count). The smallest absolute Gasteiger partial charge is 0.226 e. The maximum absolute atomic E-state index is 4.59. The van der Waals surface area contributed by atoms with Gasteiger partial charge in [0.1, 0.15) is 5.52 Å². The van der Waals surface area contributed by atoms with Crippen molar-refractivity contribution in [1.82, 2.24) is 19.9 Å². The van der Waals surface area contributed by atoms with Crippen molar-refractivity contribution in [2.75, 3.05) is 17.2 Å². The molecule has 1 unspecified atom stereocenters. The van der Waals surface area contributed by atoms with E-state index in [1.54, 1.807) is 6.33 Å². The van der Waals surface area contributed by atoms with Crippen molar-refractivity contribution in [3.05, 3.63) is 6.33 Å². The van der Waals surface area contributed by atoms with Crippen molar-refractivity contribution >= 4 is 22.9 Å². The maximum Gasteiger partial charge on any atom is 0.226 e. The fourth-order valence-corrected chi connectivity index (χ4v) is 3.14. The molecule has 0 aliphatic heterocycles. The van der Waals surface area contributed by atoms with Crippen molar-refractivity contribution in [1.29, 1.82) is 0 Å². The van der Waals surface area contributed by atoms with Gasteiger partial charge < -0.3 is 15.6 Å². The maximum atomic E-state index is 4.59. The molecule has 2 heterocycles. The molecule has 3 N–H and O–H groups in total. The highest BCUT2D eigenvalue weighted by atomic mass is 15.2. The number of anilines is 2. The second-order valence-corrected chi connectivity index (χ2v) is 5.86. The van der Waals surface area contributed by atoms with Crippen LogP contribution in [-0.4, -0.2) is 32.5 Å². The Morgan fingerprint density at radius 3 is 2.86 bits per heavy atom. The van der Waals surface area contributed by atoms with Crippen LogP contribution in [0.4, 0.5) is 11.8 Å². The summed E-state index contributed by atoms with van der Waals surface area (Å²) in [6.45, 7) is 5.09. The van der Waals surface area contributed by atoms with Gasteiger partial charge in [0.25, 0.3) is 0 Å². The topological polar surface area (TPSA) is 78.5 Å². The molecule has 21 heavy (non-hydrogen) atoms. The highest BCUT2D eigenvalue weighted by molar-refractivity contribution is 5.83. The van der Waals surface area contributed by atoms with Crippen molar-refractivity contribution in [3.8, 4) is 0 Å². The van der Waals surface area contributed by atoms with Gasteiger partial charge in [-0.2, -0.15) is 9.97 Å². The Morgan fingerprint density at radius 1 is 1.29 bits per heavy atom. The Kier molecular flexibility index (Phi) is 4.22. The Balaban J connectivity index is 1.82. The first-order chi connectivity index (χ1) is 10.3. The van der Waals surface area contributed by atoms with Crippen LogP contribution in [0.3, 0.4) is 0 Å². The molecule has 0 saturated heterocycles. The zero-order valence-electron chi connectivity index (χ0n) is 12.8. The number of fused-ring (bicyclic) bond motifs is 1. The Labute approximate surface area is 125 Å². The first-order valence-corrected chi connectivity index (χ1v) is 7.99. The van der Waals surface area contributed by atoms with Crippen molar-refractivity contribution in [2.45, 2.75) is 52.0 Å². The summed E-state index contributed by atoms with van der Waals surface area (Å²) in [4.78, 5) is 16.4. The van der Waals surface area contributed by atoms with E-state index >= 15 is 0 Å². The highest BCUT2D eigenvalue weighted by Crippen LogP contribution is 2.29. The molecular formula is C15H24N6. The average molecular weight is 288 g/mol. The Morgan fingerprint density at radius 2 is 2.10 bits per heavy atom. The number of hydrogen-bond donors (Lipinski definition) is 3. The molecule has 1 fully saturated rings. The van der Waals surface area contributed by atoms with Gasteiger partial charge in [-0.1, -0.05) is 19.3 Å². The van der Waals surface area contributed by atoms with Crippen LogP contribution in [-0.2, 0) is 0 Å². The van der Waals surface area contributed by atoms with E-state index in [2.05, 4.69) is 37.5 Å². The van der Waals surface area contributed by atoms with Crippen LogP contribution >= 0.6 is 0 Å². The third kappa shape index (κ3) is 3.09. The number of aromatic amines is 1. The standard InChI is InChI=1S/C15H24N6/c1-3-16-15-20-13-12(17-9-18-13)14(21-15)19-10(2)11-7-5-4-6-8-11/h9-11H,3-8H2,1-2H3,(H3,16,17,18,19,20,21). The van der Waals surface area contributed by atoms with E-state index in [0.29, 0.717) is 17.6 Å². The molecule has 2 aromatic rings. The molecule has 0 radical (unpaired) electrons. The number of aromatic nitrogens is 4. The number of H-pyrrole nitrogens is 1. The number of nitrogens with zero attached hydrogens (tertiary/aromatic N) is 3. The van der Waals surface area contributed by atoms with Crippen LogP contribution in [0, 0.1) is 5.92 Å². The lowest BCUT2D eigenvalue weighted by Crippen LogP contribution is -2.28. The molecule has 6 heteroatoms. The summed E-state index contributed by atoms with van der Waals surface area (Å²) in [6, 6.07) is 0.418. The molecule has 1 atom stereocenters. The van der Waals surface area contributed by atoms with Crippen LogP contribution in [0.2, 0.25) is 0 Å². The predicted molar refractivity (Wildman–Crippen MR) is 85.5 cm³/mol. The molecule has 6 nitrogen and oxygen atoms in total.